The Kier molecular flexibility index (Phi) is 3.00. The van der Waals surface area contributed by atoms with Crippen LogP contribution in [0.15, 0.2) is 33.5 Å². The molecule has 0 spiro atoms. The average molecular weight is 286 g/mol. The highest BCUT2D eigenvalue weighted by atomic mass is 16.5. The topological polar surface area (TPSA) is 94.8 Å². The molecule has 108 valence electrons. The number of hydrogen-bond acceptors (Lipinski definition) is 7. The van der Waals surface area contributed by atoms with E-state index in [4.69, 9.17) is 8.94 Å². The zero-order chi connectivity index (χ0) is 14.1. The molecule has 8 heteroatoms. The number of rotatable bonds is 6. The Bertz CT molecular complexity index is 713. The maximum atomic E-state index is 5.21. The maximum Gasteiger partial charge on any atom is 0.293 e. The van der Waals surface area contributed by atoms with Gasteiger partial charge in [-0.05, 0) is 25.0 Å². The Morgan fingerprint density at radius 3 is 3.14 bits per heavy atom. The lowest BCUT2D eigenvalue weighted by Gasteiger charge is -1.96. The van der Waals surface area contributed by atoms with Crippen LogP contribution in [0.4, 0.5) is 0 Å². The van der Waals surface area contributed by atoms with Crippen molar-refractivity contribution in [2.24, 2.45) is 0 Å². The molecule has 21 heavy (non-hydrogen) atoms. The van der Waals surface area contributed by atoms with E-state index in [0.717, 1.165) is 12.2 Å². The summed E-state index contributed by atoms with van der Waals surface area (Å²) < 4.78 is 12.0. The van der Waals surface area contributed by atoms with Crippen LogP contribution >= 0.6 is 0 Å². The molecule has 8 nitrogen and oxygen atoms in total. The number of nitrogens with zero attached hydrogens (tertiary/aromatic N) is 5. The van der Waals surface area contributed by atoms with Crippen LogP contribution in [0.5, 0.6) is 0 Å². The molecule has 3 aromatic rings. The lowest BCUT2D eigenvalue weighted by Crippen LogP contribution is -2.15. The van der Waals surface area contributed by atoms with Crippen molar-refractivity contribution in [3.8, 4) is 11.7 Å². The Morgan fingerprint density at radius 1 is 1.38 bits per heavy atom. The molecule has 0 atom stereocenters. The van der Waals surface area contributed by atoms with Gasteiger partial charge in [-0.25, -0.2) is 4.68 Å². The van der Waals surface area contributed by atoms with Crippen LogP contribution < -0.4 is 5.32 Å². The van der Waals surface area contributed by atoms with Crippen LogP contribution in [-0.4, -0.2) is 31.2 Å². The van der Waals surface area contributed by atoms with Crippen LogP contribution in [0, 0.1) is 0 Å². The molecule has 0 aliphatic heterocycles. The Morgan fingerprint density at radius 2 is 2.33 bits per heavy atom. The first-order chi connectivity index (χ1) is 10.4. The van der Waals surface area contributed by atoms with Crippen molar-refractivity contribution >= 4 is 0 Å². The minimum Gasteiger partial charge on any atom is -0.459 e. The Labute approximate surface area is 120 Å². The lowest BCUT2D eigenvalue weighted by atomic mass is 10.4. The zero-order valence-electron chi connectivity index (χ0n) is 11.3. The molecule has 1 saturated carbocycles. The van der Waals surface area contributed by atoms with Gasteiger partial charge in [0.2, 0.25) is 0 Å². The van der Waals surface area contributed by atoms with Crippen LogP contribution in [-0.2, 0) is 13.1 Å². The second kappa shape index (κ2) is 5.13. The van der Waals surface area contributed by atoms with E-state index >= 15 is 0 Å². The number of hydrogen-bond donors (Lipinski definition) is 1. The van der Waals surface area contributed by atoms with Gasteiger partial charge in [-0.3, -0.25) is 0 Å². The van der Waals surface area contributed by atoms with Crippen molar-refractivity contribution in [1.29, 1.82) is 0 Å². The summed E-state index contributed by atoms with van der Waals surface area (Å²) in [4.78, 5) is 4.27. The number of nitrogens with one attached hydrogen (secondary N) is 1. The molecule has 1 aliphatic rings. The SMILES string of the molecule is c1coc(-c2nc(Cn3cc(CNC4CC4)nn3)no2)c1. The van der Waals surface area contributed by atoms with E-state index in [1.165, 1.54) is 12.8 Å². The molecule has 0 unspecified atom stereocenters. The van der Waals surface area contributed by atoms with E-state index < -0.39 is 0 Å². The molecule has 1 aliphatic carbocycles. The van der Waals surface area contributed by atoms with E-state index in [-0.39, 0.29) is 0 Å². The van der Waals surface area contributed by atoms with E-state index in [9.17, 15) is 0 Å². The molecule has 3 heterocycles. The molecule has 0 amide bonds. The fourth-order valence-corrected chi connectivity index (χ4v) is 2.00. The van der Waals surface area contributed by atoms with Crippen molar-refractivity contribution in [2.45, 2.75) is 32.0 Å². The molecule has 0 aromatic carbocycles. The summed E-state index contributed by atoms with van der Waals surface area (Å²) in [6.45, 7) is 1.16. The van der Waals surface area contributed by atoms with Crippen LogP contribution in [0.3, 0.4) is 0 Å². The third-order valence-corrected chi connectivity index (χ3v) is 3.24. The van der Waals surface area contributed by atoms with E-state index in [2.05, 4.69) is 25.8 Å². The third-order valence-electron chi connectivity index (χ3n) is 3.24. The van der Waals surface area contributed by atoms with Gasteiger partial charge in [0.05, 0.1) is 18.2 Å². The van der Waals surface area contributed by atoms with E-state index in [1.807, 2.05) is 6.20 Å². The summed E-state index contributed by atoms with van der Waals surface area (Å²) >= 11 is 0. The third kappa shape index (κ3) is 2.84. The standard InChI is InChI=1S/C13H14N6O2/c1-2-11(20-5-1)13-15-12(17-21-13)8-19-7-10(16-18-19)6-14-9-3-4-9/h1-2,5,7,9,14H,3-4,6,8H2. The highest BCUT2D eigenvalue weighted by Gasteiger charge is 2.20. The van der Waals surface area contributed by atoms with E-state index in [1.54, 1.807) is 23.1 Å². The molecular formula is C13H14N6O2. The van der Waals surface area contributed by atoms with Gasteiger partial charge >= 0.3 is 0 Å². The molecule has 0 saturated heterocycles. The Hall–Kier alpha value is -2.48. The molecule has 0 radical (unpaired) electrons. The largest absolute Gasteiger partial charge is 0.459 e. The van der Waals surface area contributed by atoms with Crippen molar-refractivity contribution in [1.82, 2.24) is 30.5 Å². The van der Waals surface area contributed by atoms with Crippen molar-refractivity contribution < 1.29 is 8.94 Å². The van der Waals surface area contributed by atoms with Gasteiger partial charge in [0.15, 0.2) is 11.6 Å². The van der Waals surface area contributed by atoms with E-state index in [0.29, 0.717) is 30.1 Å². The molecule has 4 rings (SSSR count). The van der Waals surface area contributed by atoms with Gasteiger partial charge in [0.25, 0.3) is 5.89 Å². The second-order valence-electron chi connectivity index (χ2n) is 5.06. The van der Waals surface area contributed by atoms with Gasteiger partial charge in [-0.15, -0.1) is 5.10 Å². The van der Waals surface area contributed by atoms with Crippen molar-refractivity contribution in [2.75, 3.05) is 0 Å². The average Bonchev–Trinajstić information content (AvgIpc) is 2.93. The first-order valence-electron chi connectivity index (χ1n) is 6.86. The summed E-state index contributed by atoms with van der Waals surface area (Å²) in [7, 11) is 0. The summed E-state index contributed by atoms with van der Waals surface area (Å²) in [6.07, 6.45) is 5.97. The van der Waals surface area contributed by atoms with Crippen molar-refractivity contribution in [3.63, 3.8) is 0 Å². The summed E-state index contributed by atoms with van der Waals surface area (Å²) in [5, 5.41) is 15.5. The number of aromatic nitrogens is 5. The molecule has 3 aromatic heterocycles. The molecular weight excluding hydrogens is 272 g/mol. The van der Waals surface area contributed by atoms with Gasteiger partial charge in [-0.1, -0.05) is 10.4 Å². The highest BCUT2D eigenvalue weighted by Crippen LogP contribution is 2.19. The minimum absolute atomic E-state index is 0.366. The summed E-state index contributed by atoms with van der Waals surface area (Å²) in [5.41, 5.74) is 0.914. The van der Waals surface area contributed by atoms with Gasteiger partial charge in [-0.2, -0.15) is 4.98 Å². The van der Waals surface area contributed by atoms with Crippen molar-refractivity contribution in [3.05, 3.63) is 36.1 Å². The van der Waals surface area contributed by atoms with Crippen LogP contribution in [0.2, 0.25) is 0 Å². The van der Waals surface area contributed by atoms with Gasteiger partial charge < -0.3 is 14.3 Å². The molecule has 0 bridgehead atoms. The first-order valence-corrected chi connectivity index (χ1v) is 6.86. The predicted molar refractivity (Wildman–Crippen MR) is 71.0 cm³/mol. The second-order valence-corrected chi connectivity index (χ2v) is 5.06. The molecule has 1 fully saturated rings. The highest BCUT2D eigenvalue weighted by molar-refractivity contribution is 5.42. The van der Waals surface area contributed by atoms with Crippen LogP contribution in [0.25, 0.3) is 11.7 Å². The number of furan rings is 1. The Balaban J connectivity index is 1.41. The normalized spacial score (nSPS) is 14.7. The lowest BCUT2D eigenvalue weighted by molar-refractivity contribution is 0.406. The van der Waals surface area contributed by atoms with Gasteiger partial charge in [0.1, 0.15) is 6.54 Å². The summed E-state index contributed by atoms with van der Waals surface area (Å²) in [5.74, 6) is 1.46. The maximum absolute atomic E-state index is 5.21. The van der Waals surface area contributed by atoms with Crippen LogP contribution in [0.1, 0.15) is 24.4 Å². The smallest absolute Gasteiger partial charge is 0.293 e. The minimum atomic E-state index is 0.366. The summed E-state index contributed by atoms with van der Waals surface area (Å²) in [6, 6.07) is 4.20. The fraction of sp³-hybridized carbons (Fsp3) is 0.385. The first kappa shape index (κ1) is 12.3. The zero-order valence-corrected chi connectivity index (χ0v) is 11.3. The molecule has 1 N–H and O–H groups in total. The fourth-order valence-electron chi connectivity index (χ4n) is 2.00. The monoisotopic (exact) mass is 286 g/mol. The quantitative estimate of drug-likeness (QED) is 0.728. The predicted octanol–water partition coefficient (Wildman–Crippen LogP) is 1.22. The van der Waals surface area contributed by atoms with Gasteiger partial charge in [0, 0.05) is 12.6 Å².